The molecule has 0 aliphatic rings. The molecule has 2 N–H and O–H groups in total. The molecule has 4 heteroatoms. The van der Waals surface area contributed by atoms with Crippen LogP contribution in [0, 0.1) is 0 Å². The molecule has 0 bridgehead atoms. The molecule has 1 heterocycles. The largest absolute Gasteiger partial charge is 0.463 e. The van der Waals surface area contributed by atoms with Gasteiger partial charge in [-0.25, -0.2) is 9.97 Å². The Morgan fingerprint density at radius 1 is 1.21 bits per heavy atom. The zero-order valence-electron chi connectivity index (χ0n) is 8.57. The van der Waals surface area contributed by atoms with E-state index in [1.165, 1.54) is 19.3 Å². The highest BCUT2D eigenvalue weighted by Crippen LogP contribution is 2.05. The van der Waals surface area contributed by atoms with Crippen LogP contribution in [0.4, 0.5) is 5.69 Å². The second-order valence-corrected chi connectivity index (χ2v) is 3.21. The number of anilines is 1. The minimum absolute atomic E-state index is 0.413. The molecule has 0 unspecified atom stereocenters. The van der Waals surface area contributed by atoms with Crippen LogP contribution in [-0.2, 0) is 0 Å². The number of nitrogens with two attached hydrogens (primary N) is 1. The predicted octanol–water partition coefficient (Wildman–Crippen LogP) is 2.02. The average molecular weight is 195 g/mol. The SMILES string of the molecule is CCCCCCOc1ncc(N)cn1. The smallest absolute Gasteiger partial charge is 0.316 e. The van der Waals surface area contributed by atoms with Crippen molar-refractivity contribution in [1.82, 2.24) is 9.97 Å². The first kappa shape index (κ1) is 10.8. The molecule has 78 valence electrons. The molecule has 0 amide bonds. The van der Waals surface area contributed by atoms with E-state index in [0.717, 1.165) is 6.42 Å². The number of ether oxygens (including phenoxy) is 1. The Labute approximate surface area is 84.5 Å². The number of rotatable bonds is 6. The van der Waals surface area contributed by atoms with Gasteiger partial charge in [-0.15, -0.1) is 0 Å². The zero-order valence-corrected chi connectivity index (χ0v) is 8.57. The van der Waals surface area contributed by atoms with Crippen LogP contribution < -0.4 is 10.5 Å². The van der Waals surface area contributed by atoms with Crippen molar-refractivity contribution in [3.63, 3.8) is 0 Å². The predicted molar refractivity (Wildman–Crippen MR) is 56.1 cm³/mol. The molecule has 0 aromatic carbocycles. The van der Waals surface area contributed by atoms with Gasteiger partial charge >= 0.3 is 6.01 Å². The summed E-state index contributed by atoms with van der Waals surface area (Å²) in [6.45, 7) is 2.87. The van der Waals surface area contributed by atoms with Crippen molar-refractivity contribution in [2.75, 3.05) is 12.3 Å². The van der Waals surface area contributed by atoms with E-state index in [0.29, 0.717) is 18.3 Å². The Bertz CT molecular complexity index is 248. The maximum Gasteiger partial charge on any atom is 0.316 e. The first-order chi connectivity index (χ1) is 6.83. The second kappa shape index (κ2) is 6.18. The van der Waals surface area contributed by atoms with E-state index in [1.807, 2.05) is 0 Å². The lowest BCUT2D eigenvalue weighted by Crippen LogP contribution is -2.01. The molecule has 0 aliphatic heterocycles. The van der Waals surface area contributed by atoms with Crippen molar-refractivity contribution in [1.29, 1.82) is 0 Å². The third-order valence-corrected chi connectivity index (χ3v) is 1.88. The third kappa shape index (κ3) is 4.07. The third-order valence-electron chi connectivity index (χ3n) is 1.88. The van der Waals surface area contributed by atoms with Crippen LogP contribution in [0.5, 0.6) is 6.01 Å². The summed E-state index contributed by atoms with van der Waals surface area (Å²) in [6.07, 6.45) is 7.85. The summed E-state index contributed by atoms with van der Waals surface area (Å²) >= 11 is 0. The zero-order chi connectivity index (χ0) is 10.2. The van der Waals surface area contributed by atoms with Crippen LogP contribution in [-0.4, -0.2) is 16.6 Å². The van der Waals surface area contributed by atoms with E-state index in [-0.39, 0.29) is 0 Å². The van der Waals surface area contributed by atoms with Crippen molar-refractivity contribution in [2.24, 2.45) is 0 Å². The minimum atomic E-state index is 0.413. The Hall–Kier alpha value is -1.32. The van der Waals surface area contributed by atoms with Crippen molar-refractivity contribution < 1.29 is 4.74 Å². The highest BCUT2D eigenvalue weighted by molar-refractivity contribution is 5.30. The van der Waals surface area contributed by atoms with Gasteiger partial charge in [-0.2, -0.15) is 0 Å². The topological polar surface area (TPSA) is 61.0 Å². The van der Waals surface area contributed by atoms with E-state index < -0.39 is 0 Å². The highest BCUT2D eigenvalue weighted by atomic mass is 16.5. The maximum atomic E-state index is 5.44. The van der Waals surface area contributed by atoms with Gasteiger partial charge < -0.3 is 10.5 Å². The van der Waals surface area contributed by atoms with E-state index in [1.54, 1.807) is 12.4 Å². The summed E-state index contributed by atoms with van der Waals surface area (Å²) in [5.74, 6) is 0. The first-order valence-electron chi connectivity index (χ1n) is 5.03. The van der Waals surface area contributed by atoms with Crippen molar-refractivity contribution >= 4 is 5.69 Å². The van der Waals surface area contributed by atoms with Gasteiger partial charge in [0.2, 0.25) is 0 Å². The molecule has 4 nitrogen and oxygen atoms in total. The summed E-state index contributed by atoms with van der Waals surface area (Å²) in [4.78, 5) is 7.88. The molecule has 0 saturated heterocycles. The number of nitrogens with zero attached hydrogens (tertiary/aromatic N) is 2. The maximum absolute atomic E-state index is 5.44. The Kier molecular flexibility index (Phi) is 4.75. The van der Waals surface area contributed by atoms with Gasteiger partial charge in [-0.3, -0.25) is 0 Å². The van der Waals surface area contributed by atoms with Gasteiger partial charge in [0, 0.05) is 0 Å². The van der Waals surface area contributed by atoms with Crippen LogP contribution in [0.15, 0.2) is 12.4 Å². The van der Waals surface area contributed by atoms with Crippen molar-refractivity contribution in [3.05, 3.63) is 12.4 Å². The second-order valence-electron chi connectivity index (χ2n) is 3.21. The molecule has 1 aromatic heterocycles. The normalized spacial score (nSPS) is 10.1. The molecule has 0 radical (unpaired) electrons. The Balaban J connectivity index is 2.15. The lowest BCUT2D eigenvalue weighted by molar-refractivity contribution is 0.282. The van der Waals surface area contributed by atoms with E-state index >= 15 is 0 Å². The molecular formula is C10H17N3O. The number of hydrogen-bond acceptors (Lipinski definition) is 4. The van der Waals surface area contributed by atoms with Gasteiger partial charge in [0.05, 0.1) is 24.7 Å². The summed E-state index contributed by atoms with van der Waals surface area (Å²) < 4.78 is 5.33. The van der Waals surface area contributed by atoms with Crippen LogP contribution >= 0.6 is 0 Å². The molecule has 1 aromatic rings. The Morgan fingerprint density at radius 2 is 1.93 bits per heavy atom. The fourth-order valence-corrected chi connectivity index (χ4v) is 1.09. The number of unbranched alkanes of at least 4 members (excludes halogenated alkanes) is 3. The minimum Gasteiger partial charge on any atom is -0.463 e. The summed E-state index contributed by atoms with van der Waals surface area (Å²) in [5.41, 5.74) is 6.00. The van der Waals surface area contributed by atoms with Gasteiger partial charge in [0.1, 0.15) is 0 Å². The molecule has 0 aliphatic carbocycles. The lowest BCUT2D eigenvalue weighted by atomic mass is 10.2. The molecule has 0 fully saturated rings. The molecule has 14 heavy (non-hydrogen) atoms. The van der Waals surface area contributed by atoms with Crippen LogP contribution in [0.2, 0.25) is 0 Å². The van der Waals surface area contributed by atoms with Crippen LogP contribution in [0.1, 0.15) is 32.6 Å². The lowest BCUT2D eigenvalue weighted by Gasteiger charge is -2.03. The number of nitrogen functional groups attached to an aromatic ring is 1. The van der Waals surface area contributed by atoms with Gasteiger partial charge in [-0.05, 0) is 6.42 Å². The number of hydrogen-bond donors (Lipinski definition) is 1. The highest BCUT2D eigenvalue weighted by Gasteiger charge is 1.95. The standard InChI is InChI=1S/C10H17N3O/c1-2-3-4-5-6-14-10-12-7-9(11)8-13-10/h7-8H,2-6,11H2,1H3. The van der Waals surface area contributed by atoms with Gasteiger partial charge in [0.25, 0.3) is 0 Å². The van der Waals surface area contributed by atoms with Crippen molar-refractivity contribution in [3.8, 4) is 6.01 Å². The number of aromatic nitrogens is 2. The first-order valence-corrected chi connectivity index (χ1v) is 5.03. The van der Waals surface area contributed by atoms with Gasteiger partial charge in [0.15, 0.2) is 0 Å². The van der Waals surface area contributed by atoms with Gasteiger partial charge in [-0.1, -0.05) is 26.2 Å². The summed E-state index contributed by atoms with van der Waals surface area (Å²) in [7, 11) is 0. The molecule has 0 atom stereocenters. The summed E-state index contributed by atoms with van der Waals surface area (Å²) in [5, 5.41) is 0. The van der Waals surface area contributed by atoms with Crippen LogP contribution in [0.25, 0.3) is 0 Å². The summed E-state index contributed by atoms with van der Waals surface area (Å²) in [6, 6.07) is 0.413. The molecular weight excluding hydrogens is 178 g/mol. The van der Waals surface area contributed by atoms with E-state index in [2.05, 4.69) is 16.9 Å². The van der Waals surface area contributed by atoms with E-state index in [9.17, 15) is 0 Å². The van der Waals surface area contributed by atoms with Crippen molar-refractivity contribution in [2.45, 2.75) is 32.6 Å². The monoisotopic (exact) mass is 195 g/mol. The molecule has 1 rings (SSSR count). The molecule has 0 spiro atoms. The average Bonchev–Trinajstić information content (AvgIpc) is 2.21. The van der Waals surface area contributed by atoms with Crippen LogP contribution in [0.3, 0.4) is 0 Å². The Morgan fingerprint density at radius 3 is 2.57 bits per heavy atom. The quantitative estimate of drug-likeness (QED) is 0.705. The molecule has 0 saturated carbocycles. The van der Waals surface area contributed by atoms with E-state index in [4.69, 9.17) is 10.5 Å². The fraction of sp³-hybridized carbons (Fsp3) is 0.600. The fourth-order valence-electron chi connectivity index (χ4n) is 1.09.